The molecule has 0 unspecified atom stereocenters. The van der Waals surface area contributed by atoms with Crippen LogP contribution in [0.2, 0.25) is 5.02 Å². The lowest BCUT2D eigenvalue weighted by atomic mass is 10.1. The third-order valence-electron chi connectivity index (χ3n) is 3.05. The summed E-state index contributed by atoms with van der Waals surface area (Å²) < 4.78 is 13.0. The molecule has 0 aliphatic rings. The molecule has 0 aliphatic heterocycles. The average molecular weight is 307 g/mol. The van der Waals surface area contributed by atoms with E-state index in [2.05, 4.69) is 10.6 Å². The number of aryl methyl sites for hydroxylation is 1. The molecule has 0 saturated carbocycles. The van der Waals surface area contributed by atoms with Crippen LogP contribution in [0.15, 0.2) is 42.5 Å². The molecule has 2 N–H and O–H groups in total. The molecule has 0 radical (unpaired) electrons. The van der Waals surface area contributed by atoms with E-state index in [9.17, 15) is 9.18 Å². The Morgan fingerprint density at radius 3 is 2.71 bits per heavy atom. The first-order valence-corrected chi connectivity index (χ1v) is 7.04. The Labute approximate surface area is 128 Å². The number of amides is 1. The smallest absolute Gasteiger partial charge is 0.243 e. The van der Waals surface area contributed by atoms with Gasteiger partial charge in [-0.2, -0.15) is 0 Å². The molecule has 0 fully saturated rings. The van der Waals surface area contributed by atoms with E-state index >= 15 is 0 Å². The highest BCUT2D eigenvalue weighted by Crippen LogP contribution is 2.19. The minimum atomic E-state index is -0.483. The van der Waals surface area contributed by atoms with Gasteiger partial charge in [-0.15, -0.1) is 0 Å². The molecule has 2 rings (SSSR count). The molecule has 21 heavy (non-hydrogen) atoms. The van der Waals surface area contributed by atoms with Crippen LogP contribution in [0.1, 0.15) is 12.5 Å². The molecule has 0 aliphatic carbocycles. The molecule has 110 valence electrons. The van der Waals surface area contributed by atoms with Gasteiger partial charge in [-0.1, -0.05) is 36.7 Å². The predicted octanol–water partition coefficient (Wildman–Crippen LogP) is 4.09. The number of hydrogen-bond donors (Lipinski definition) is 2. The lowest BCUT2D eigenvalue weighted by molar-refractivity contribution is -0.114. The largest absolute Gasteiger partial charge is 0.376 e. The van der Waals surface area contributed by atoms with Crippen LogP contribution in [-0.4, -0.2) is 12.5 Å². The van der Waals surface area contributed by atoms with Crippen LogP contribution in [0, 0.1) is 5.82 Å². The second-order valence-electron chi connectivity index (χ2n) is 4.54. The lowest BCUT2D eigenvalue weighted by Crippen LogP contribution is -2.22. The zero-order valence-electron chi connectivity index (χ0n) is 11.6. The van der Waals surface area contributed by atoms with Crippen molar-refractivity contribution in [3.63, 3.8) is 0 Å². The van der Waals surface area contributed by atoms with Gasteiger partial charge in [-0.3, -0.25) is 4.79 Å². The summed E-state index contributed by atoms with van der Waals surface area (Å²) in [6.07, 6.45) is 0.845. The lowest BCUT2D eigenvalue weighted by Gasteiger charge is -2.11. The van der Waals surface area contributed by atoms with Crippen molar-refractivity contribution in [2.75, 3.05) is 17.2 Å². The first kappa shape index (κ1) is 15.3. The van der Waals surface area contributed by atoms with Crippen molar-refractivity contribution in [3.05, 3.63) is 58.9 Å². The van der Waals surface area contributed by atoms with Gasteiger partial charge in [-0.25, -0.2) is 4.39 Å². The monoisotopic (exact) mass is 306 g/mol. The molecular formula is C16H16ClFN2O. The molecule has 0 atom stereocenters. The molecule has 5 heteroatoms. The topological polar surface area (TPSA) is 41.1 Å². The number of hydrogen-bond acceptors (Lipinski definition) is 2. The molecule has 0 spiro atoms. The first-order chi connectivity index (χ1) is 10.1. The summed E-state index contributed by atoms with van der Waals surface area (Å²) in [6, 6.07) is 11.9. The molecule has 1 amide bonds. The molecule has 0 heterocycles. The predicted molar refractivity (Wildman–Crippen MR) is 84.3 cm³/mol. The van der Waals surface area contributed by atoms with Crippen LogP contribution in [0.5, 0.6) is 0 Å². The third-order valence-corrected chi connectivity index (χ3v) is 3.33. The van der Waals surface area contributed by atoms with Gasteiger partial charge in [-0.05, 0) is 36.2 Å². The Balaban J connectivity index is 1.94. The van der Waals surface area contributed by atoms with Crippen molar-refractivity contribution in [3.8, 4) is 0 Å². The van der Waals surface area contributed by atoms with Crippen LogP contribution in [-0.2, 0) is 11.2 Å². The number of para-hydroxylation sites is 1. The number of anilines is 2. The van der Waals surface area contributed by atoms with Crippen molar-refractivity contribution in [1.82, 2.24) is 0 Å². The fraction of sp³-hybridized carbons (Fsp3) is 0.188. The van der Waals surface area contributed by atoms with Crippen molar-refractivity contribution in [1.29, 1.82) is 0 Å². The molecule has 0 bridgehead atoms. The van der Waals surface area contributed by atoms with Gasteiger partial charge in [0.25, 0.3) is 0 Å². The number of halogens is 2. The van der Waals surface area contributed by atoms with E-state index in [0.29, 0.717) is 5.69 Å². The Kier molecular flexibility index (Phi) is 5.17. The van der Waals surface area contributed by atoms with Gasteiger partial charge < -0.3 is 10.6 Å². The van der Waals surface area contributed by atoms with E-state index in [1.807, 2.05) is 31.2 Å². The summed E-state index contributed by atoms with van der Waals surface area (Å²) in [5, 5.41) is 5.78. The number of benzene rings is 2. The van der Waals surface area contributed by atoms with Crippen molar-refractivity contribution < 1.29 is 9.18 Å². The van der Waals surface area contributed by atoms with E-state index in [1.165, 1.54) is 18.2 Å². The van der Waals surface area contributed by atoms with Gasteiger partial charge in [0, 0.05) is 11.4 Å². The van der Waals surface area contributed by atoms with E-state index in [-0.39, 0.29) is 17.5 Å². The fourth-order valence-corrected chi connectivity index (χ4v) is 2.11. The van der Waals surface area contributed by atoms with Crippen LogP contribution in [0.25, 0.3) is 0 Å². The van der Waals surface area contributed by atoms with E-state index in [0.717, 1.165) is 17.7 Å². The van der Waals surface area contributed by atoms with Gasteiger partial charge in [0.1, 0.15) is 5.82 Å². The molecule has 0 aromatic heterocycles. The maximum absolute atomic E-state index is 13.0. The Hall–Kier alpha value is -2.07. The summed E-state index contributed by atoms with van der Waals surface area (Å²) >= 11 is 5.68. The van der Waals surface area contributed by atoms with Crippen LogP contribution < -0.4 is 10.6 Å². The summed E-state index contributed by atoms with van der Waals surface area (Å²) in [5.74, 6) is -0.653. The second-order valence-corrected chi connectivity index (χ2v) is 4.95. The standard InChI is InChI=1S/C16H16ClFN2O/c1-2-11-5-3-4-6-15(11)20-16(21)10-19-12-7-8-14(18)13(17)9-12/h3-9,19H,2,10H2,1H3,(H,20,21). The minimum Gasteiger partial charge on any atom is -0.376 e. The molecule has 3 nitrogen and oxygen atoms in total. The van der Waals surface area contributed by atoms with E-state index in [1.54, 1.807) is 0 Å². The fourth-order valence-electron chi connectivity index (χ4n) is 1.93. The molecule has 2 aromatic carbocycles. The maximum Gasteiger partial charge on any atom is 0.243 e. The summed E-state index contributed by atoms with van der Waals surface area (Å²) in [4.78, 5) is 11.9. The summed E-state index contributed by atoms with van der Waals surface area (Å²) in [7, 11) is 0. The van der Waals surface area contributed by atoms with Crippen molar-refractivity contribution >= 4 is 28.9 Å². The molecule has 0 saturated heterocycles. The summed E-state index contributed by atoms with van der Waals surface area (Å²) in [5.41, 5.74) is 2.49. The number of nitrogens with one attached hydrogen (secondary N) is 2. The molecule has 2 aromatic rings. The van der Waals surface area contributed by atoms with Crippen molar-refractivity contribution in [2.24, 2.45) is 0 Å². The normalized spacial score (nSPS) is 10.2. The van der Waals surface area contributed by atoms with Crippen LogP contribution >= 0.6 is 11.6 Å². The first-order valence-electron chi connectivity index (χ1n) is 6.67. The zero-order valence-corrected chi connectivity index (χ0v) is 12.4. The number of carbonyl (C=O) groups excluding carboxylic acids is 1. The number of carbonyl (C=O) groups is 1. The Bertz CT molecular complexity index is 646. The van der Waals surface area contributed by atoms with E-state index in [4.69, 9.17) is 11.6 Å². The van der Waals surface area contributed by atoms with Gasteiger partial charge >= 0.3 is 0 Å². The highest BCUT2D eigenvalue weighted by Gasteiger charge is 2.06. The zero-order chi connectivity index (χ0) is 15.2. The Morgan fingerprint density at radius 2 is 2.00 bits per heavy atom. The third kappa shape index (κ3) is 4.20. The van der Waals surface area contributed by atoms with Gasteiger partial charge in [0.05, 0.1) is 11.6 Å². The average Bonchev–Trinajstić information content (AvgIpc) is 2.49. The SMILES string of the molecule is CCc1ccccc1NC(=O)CNc1ccc(F)c(Cl)c1. The quantitative estimate of drug-likeness (QED) is 0.873. The molecular weight excluding hydrogens is 291 g/mol. The highest BCUT2D eigenvalue weighted by molar-refractivity contribution is 6.31. The van der Waals surface area contributed by atoms with Gasteiger partial charge in [0.15, 0.2) is 0 Å². The highest BCUT2D eigenvalue weighted by atomic mass is 35.5. The van der Waals surface area contributed by atoms with E-state index < -0.39 is 5.82 Å². The second kappa shape index (κ2) is 7.09. The Morgan fingerprint density at radius 1 is 1.24 bits per heavy atom. The van der Waals surface area contributed by atoms with Crippen molar-refractivity contribution in [2.45, 2.75) is 13.3 Å². The summed E-state index contributed by atoms with van der Waals surface area (Å²) in [6.45, 7) is 2.11. The van der Waals surface area contributed by atoms with Gasteiger partial charge in [0.2, 0.25) is 5.91 Å². The minimum absolute atomic E-state index is 0.0248. The number of rotatable bonds is 5. The maximum atomic E-state index is 13.0. The van der Waals surface area contributed by atoms with Crippen LogP contribution in [0.3, 0.4) is 0 Å². The van der Waals surface area contributed by atoms with Crippen LogP contribution in [0.4, 0.5) is 15.8 Å².